The maximum absolute atomic E-state index is 12.3. The van der Waals surface area contributed by atoms with Crippen LogP contribution < -0.4 is 25.0 Å². The Kier molecular flexibility index (Phi) is 8.76. The molecule has 0 fully saturated rings. The first-order valence-electron chi connectivity index (χ1n) is 12.5. The third-order valence-corrected chi connectivity index (χ3v) is 6.67. The highest BCUT2D eigenvalue weighted by Gasteiger charge is 2.18. The summed E-state index contributed by atoms with van der Waals surface area (Å²) < 4.78 is 13.1. The van der Waals surface area contributed by atoms with Crippen molar-refractivity contribution in [3.63, 3.8) is 0 Å². The van der Waals surface area contributed by atoms with Crippen LogP contribution in [0.25, 0.3) is 22.3 Å². The summed E-state index contributed by atoms with van der Waals surface area (Å²) in [4.78, 5) is 29.8. The molecule has 210 valence electrons. The number of halogens is 1. The summed E-state index contributed by atoms with van der Waals surface area (Å²) in [5.41, 5.74) is 3.65. The van der Waals surface area contributed by atoms with Gasteiger partial charge in [0.15, 0.2) is 5.82 Å². The molecule has 0 saturated heterocycles. The van der Waals surface area contributed by atoms with E-state index in [9.17, 15) is 4.79 Å². The van der Waals surface area contributed by atoms with E-state index in [-0.39, 0.29) is 5.91 Å². The number of aryl methyl sites for hydroxylation is 1. The van der Waals surface area contributed by atoms with Gasteiger partial charge in [-0.2, -0.15) is 4.98 Å². The van der Waals surface area contributed by atoms with Gasteiger partial charge in [0.1, 0.15) is 17.8 Å². The fourth-order valence-corrected chi connectivity index (χ4v) is 4.47. The summed E-state index contributed by atoms with van der Waals surface area (Å²) >= 11 is 6.35. The molecule has 2 aromatic carbocycles. The van der Waals surface area contributed by atoms with E-state index in [4.69, 9.17) is 21.1 Å². The molecule has 1 amide bonds. The van der Waals surface area contributed by atoms with Crippen molar-refractivity contribution in [3.05, 3.63) is 54.5 Å². The fourth-order valence-electron chi connectivity index (χ4n) is 4.23. The van der Waals surface area contributed by atoms with Crippen LogP contribution >= 0.6 is 11.6 Å². The third-order valence-electron chi connectivity index (χ3n) is 6.38. The molecular formula is C28H33ClN8O3. The standard InChI is InChI=1S/C28H33ClN8O3/c1-8-26(38)32-20-13-21(25(40-7)14-23(20)36(4)10-9-35(2)3)33-28-31-16-30-27(34-28)18-15-37(5)22-12-19(29)24(39-6)11-17(18)22/h8,11-16H,1,9-10H2,2-7H3,(H,32,38)(H,30,31,33,34). The lowest BCUT2D eigenvalue weighted by Crippen LogP contribution is -2.29. The van der Waals surface area contributed by atoms with Crippen molar-refractivity contribution in [1.82, 2.24) is 24.4 Å². The molecule has 0 atom stereocenters. The van der Waals surface area contributed by atoms with Gasteiger partial charge in [-0.25, -0.2) is 9.97 Å². The van der Waals surface area contributed by atoms with Crippen molar-refractivity contribution >= 4 is 51.4 Å². The van der Waals surface area contributed by atoms with E-state index in [2.05, 4.69) is 37.1 Å². The second-order valence-corrected chi connectivity index (χ2v) is 9.81. The number of methoxy groups -OCH3 is 2. The van der Waals surface area contributed by atoms with Gasteiger partial charge in [0.2, 0.25) is 11.9 Å². The Labute approximate surface area is 238 Å². The maximum Gasteiger partial charge on any atom is 0.247 e. The number of carbonyl (C=O) groups excluding carboxylic acids is 1. The normalized spacial score (nSPS) is 11.0. The first kappa shape index (κ1) is 28.7. The van der Waals surface area contributed by atoms with Crippen LogP contribution in [0.4, 0.5) is 23.0 Å². The first-order chi connectivity index (χ1) is 19.1. The molecule has 4 rings (SSSR count). The first-order valence-corrected chi connectivity index (χ1v) is 12.8. The van der Waals surface area contributed by atoms with Gasteiger partial charge in [0.25, 0.3) is 0 Å². The second-order valence-electron chi connectivity index (χ2n) is 9.40. The van der Waals surface area contributed by atoms with Crippen LogP contribution in [0.5, 0.6) is 11.5 Å². The zero-order valence-electron chi connectivity index (χ0n) is 23.4. The van der Waals surface area contributed by atoms with E-state index >= 15 is 0 Å². The Morgan fingerprint density at radius 2 is 1.82 bits per heavy atom. The predicted molar refractivity (Wildman–Crippen MR) is 160 cm³/mol. The molecule has 0 saturated carbocycles. The molecule has 0 bridgehead atoms. The zero-order valence-corrected chi connectivity index (χ0v) is 24.2. The summed E-state index contributed by atoms with van der Waals surface area (Å²) in [6, 6.07) is 7.36. The van der Waals surface area contributed by atoms with E-state index in [1.165, 1.54) is 12.4 Å². The molecule has 12 heteroatoms. The average molecular weight is 565 g/mol. The van der Waals surface area contributed by atoms with Crippen LogP contribution in [0.2, 0.25) is 5.02 Å². The van der Waals surface area contributed by atoms with E-state index < -0.39 is 0 Å². The van der Waals surface area contributed by atoms with Crippen LogP contribution in [-0.2, 0) is 11.8 Å². The van der Waals surface area contributed by atoms with E-state index in [1.54, 1.807) is 20.3 Å². The molecule has 0 spiro atoms. The van der Waals surface area contributed by atoms with E-state index in [1.807, 2.05) is 62.1 Å². The highest BCUT2D eigenvalue weighted by Crippen LogP contribution is 2.39. The molecule has 2 heterocycles. The molecule has 0 unspecified atom stereocenters. The van der Waals surface area contributed by atoms with Crippen molar-refractivity contribution in [1.29, 1.82) is 0 Å². The Morgan fingerprint density at radius 1 is 1.07 bits per heavy atom. The minimum atomic E-state index is -0.327. The van der Waals surface area contributed by atoms with Crippen LogP contribution in [-0.4, -0.2) is 78.8 Å². The zero-order chi connectivity index (χ0) is 29.0. The summed E-state index contributed by atoms with van der Waals surface area (Å²) in [6.45, 7) is 5.14. The van der Waals surface area contributed by atoms with Gasteiger partial charge in [0, 0.05) is 50.4 Å². The van der Waals surface area contributed by atoms with Crippen LogP contribution in [0.3, 0.4) is 0 Å². The van der Waals surface area contributed by atoms with Gasteiger partial charge in [0.05, 0.1) is 41.8 Å². The Hall–Kier alpha value is -4.35. The molecule has 0 aliphatic rings. The lowest BCUT2D eigenvalue weighted by atomic mass is 10.1. The number of anilines is 4. The minimum absolute atomic E-state index is 0.302. The van der Waals surface area contributed by atoms with Gasteiger partial charge in [-0.1, -0.05) is 18.2 Å². The van der Waals surface area contributed by atoms with Gasteiger partial charge >= 0.3 is 0 Å². The van der Waals surface area contributed by atoms with Crippen molar-refractivity contribution < 1.29 is 14.3 Å². The number of aromatic nitrogens is 4. The number of hydrogen-bond acceptors (Lipinski definition) is 9. The Bertz CT molecular complexity index is 1550. The van der Waals surface area contributed by atoms with Gasteiger partial charge in [-0.15, -0.1) is 0 Å². The molecule has 0 aliphatic carbocycles. The predicted octanol–water partition coefficient (Wildman–Crippen LogP) is 4.57. The number of fused-ring (bicyclic) bond motifs is 1. The largest absolute Gasteiger partial charge is 0.495 e. The molecule has 40 heavy (non-hydrogen) atoms. The quantitative estimate of drug-likeness (QED) is 0.253. The van der Waals surface area contributed by atoms with E-state index in [0.29, 0.717) is 39.7 Å². The highest BCUT2D eigenvalue weighted by atomic mass is 35.5. The summed E-state index contributed by atoms with van der Waals surface area (Å²) in [7, 11) is 11.1. The number of hydrogen-bond donors (Lipinski definition) is 2. The minimum Gasteiger partial charge on any atom is -0.495 e. The Morgan fingerprint density at radius 3 is 2.50 bits per heavy atom. The van der Waals surface area contributed by atoms with Crippen LogP contribution in [0.15, 0.2) is 49.4 Å². The van der Waals surface area contributed by atoms with Gasteiger partial charge in [-0.3, -0.25) is 4.79 Å². The molecule has 2 aromatic heterocycles. The lowest BCUT2D eigenvalue weighted by molar-refractivity contribution is -0.111. The second kappa shape index (κ2) is 12.2. The smallest absolute Gasteiger partial charge is 0.247 e. The average Bonchev–Trinajstić information content (AvgIpc) is 3.26. The van der Waals surface area contributed by atoms with Crippen molar-refractivity contribution in [3.8, 4) is 22.9 Å². The SMILES string of the molecule is C=CC(=O)Nc1cc(Nc2ncnc(-c3cn(C)c4cc(Cl)c(OC)cc34)n2)c(OC)cc1N(C)CCN(C)C. The molecule has 11 nitrogen and oxygen atoms in total. The topological polar surface area (TPSA) is 110 Å². The number of nitrogens with zero attached hydrogens (tertiary/aromatic N) is 6. The molecule has 4 aromatic rings. The van der Waals surface area contributed by atoms with Crippen molar-refractivity contribution in [2.75, 3.05) is 64.0 Å². The van der Waals surface area contributed by atoms with Gasteiger partial charge in [-0.05, 0) is 38.4 Å². The molecule has 0 radical (unpaired) electrons. The van der Waals surface area contributed by atoms with Crippen LogP contribution in [0.1, 0.15) is 0 Å². The highest BCUT2D eigenvalue weighted by molar-refractivity contribution is 6.33. The molecule has 2 N–H and O–H groups in total. The summed E-state index contributed by atoms with van der Waals surface area (Å²) in [5, 5.41) is 7.52. The van der Waals surface area contributed by atoms with E-state index in [0.717, 1.165) is 35.2 Å². The van der Waals surface area contributed by atoms with Crippen molar-refractivity contribution in [2.45, 2.75) is 0 Å². The number of carbonyl (C=O) groups is 1. The number of ether oxygens (including phenoxy) is 2. The number of likely N-dealkylation sites (N-methyl/N-ethyl adjacent to an activating group) is 2. The monoisotopic (exact) mass is 564 g/mol. The van der Waals surface area contributed by atoms with Gasteiger partial charge < -0.3 is 34.5 Å². The lowest BCUT2D eigenvalue weighted by Gasteiger charge is -2.25. The number of rotatable bonds is 11. The third kappa shape index (κ3) is 6.11. The summed E-state index contributed by atoms with van der Waals surface area (Å²) in [6.07, 6.45) is 4.60. The Balaban J connectivity index is 1.73. The molecular weight excluding hydrogens is 532 g/mol. The number of benzene rings is 2. The number of amides is 1. The number of nitrogens with one attached hydrogen (secondary N) is 2. The fraction of sp³-hybridized carbons (Fsp3) is 0.286. The molecule has 0 aliphatic heterocycles. The van der Waals surface area contributed by atoms with Crippen LogP contribution in [0, 0.1) is 0 Å². The maximum atomic E-state index is 12.3. The summed E-state index contributed by atoms with van der Waals surface area (Å²) in [5.74, 6) is 1.55. The van der Waals surface area contributed by atoms with Crippen molar-refractivity contribution in [2.24, 2.45) is 7.05 Å².